The summed E-state index contributed by atoms with van der Waals surface area (Å²) >= 11 is 0. The third-order valence-electron chi connectivity index (χ3n) is 4.93. The summed E-state index contributed by atoms with van der Waals surface area (Å²) in [5.74, 6) is 0.898. The van der Waals surface area contributed by atoms with Crippen LogP contribution in [0.25, 0.3) is 11.2 Å². The first-order chi connectivity index (χ1) is 12.8. The van der Waals surface area contributed by atoms with Crippen LogP contribution in [0.3, 0.4) is 0 Å². The number of anilines is 2. The quantitative estimate of drug-likeness (QED) is 0.709. The fourth-order valence-electron chi connectivity index (χ4n) is 3.67. The summed E-state index contributed by atoms with van der Waals surface area (Å²) < 4.78 is 5.10. The number of carbonyl (C=O) groups excluding carboxylic acids is 1. The molecule has 1 amide bonds. The van der Waals surface area contributed by atoms with Crippen molar-refractivity contribution in [1.29, 1.82) is 0 Å². The van der Waals surface area contributed by atoms with Crippen LogP contribution in [-0.2, 0) is 17.7 Å². The highest BCUT2D eigenvalue weighted by Crippen LogP contribution is 2.32. The van der Waals surface area contributed by atoms with Crippen molar-refractivity contribution in [3.05, 3.63) is 53.9 Å². The molecule has 0 aliphatic carbocycles. The molecule has 0 radical (unpaired) electrons. The van der Waals surface area contributed by atoms with Gasteiger partial charge in [0.05, 0.1) is 12.2 Å². The SMILES string of the molecule is O=C1OCCN1c1cccc2c1CCN(c1ccc3nccnc3n1)C2. The number of hydrogen-bond acceptors (Lipinski definition) is 6. The minimum Gasteiger partial charge on any atom is -0.447 e. The average Bonchev–Trinajstić information content (AvgIpc) is 3.12. The van der Waals surface area contributed by atoms with E-state index >= 15 is 0 Å². The lowest BCUT2D eigenvalue weighted by Crippen LogP contribution is -2.33. The Morgan fingerprint density at radius 1 is 1.04 bits per heavy atom. The van der Waals surface area contributed by atoms with Crippen molar-refractivity contribution in [2.45, 2.75) is 13.0 Å². The van der Waals surface area contributed by atoms with Crippen LogP contribution >= 0.6 is 0 Å². The highest BCUT2D eigenvalue weighted by atomic mass is 16.6. The molecule has 0 spiro atoms. The normalized spacial score (nSPS) is 16.7. The van der Waals surface area contributed by atoms with Crippen LogP contribution in [0.1, 0.15) is 11.1 Å². The van der Waals surface area contributed by atoms with Crippen molar-refractivity contribution in [3.8, 4) is 0 Å². The van der Waals surface area contributed by atoms with Crippen LogP contribution in [0.5, 0.6) is 0 Å². The summed E-state index contributed by atoms with van der Waals surface area (Å²) in [5.41, 5.74) is 4.87. The van der Waals surface area contributed by atoms with Gasteiger partial charge in [0.15, 0.2) is 5.65 Å². The zero-order chi connectivity index (χ0) is 17.5. The molecule has 26 heavy (non-hydrogen) atoms. The van der Waals surface area contributed by atoms with E-state index in [1.54, 1.807) is 17.3 Å². The van der Waals surface area contributed by atoms with Crippen LogP contribution in [0.4, 0.5) is 16.3 Å². The Labute approximate surface area is 150 Å². The number of pyridine rings is 1. The molecule has 0 saturated carbocycles. The van der Waals surface area contributed by atoms with Gasteiger partial charge in [-0.15, -0.1) is 0 Å². The number of ether oxygens (including phenoxy) is 1. The average molecular weight is 347 g/mol. The minimum atomic E-state index is -0.254. The second-order valence-electron chi connectivity index (χ2n) is 6.42. The smallest absolute Gasteiger partial charge is 0.414 e. The maximum absolute atomic E-state index is 11.9. The minimum absolute atomic E-state index is 0.254. The highest BCUT2D eigenvalue weighted by molar-refractivity contribution is 5.90. The third-order valence-corrected chi connectivity index (χ3v) is 4.93. The fraction of sp³-hybridized carbons (Fsp3) is 0.263. The lowest BCUT2D eigenvalue weighted by Gasteiger charge is -2.32. The van der Waals surface area contributed by atoms with Crippen molar-refractivity contribution in [2.75, 3.05) is 29.5 Å². The predicted octanol–water partition coefficient (Wildman–Crippen LogP) is 2.54. The van der Waals surface area contributed by atoms with Gasteiger partial charge < -0.3 is 9.64 Å². The van der Waals surface area contributed by atoms with Crippen LogP contribution < -0.4 is 9.80 Å². The molecule has 1 aromatic carbocycles. The fourth-order valence-corrected chi connectivity index (χ4v) is 3.67. The number of cyclic esters (lactones) is 1. The molecule has 0 bridgehead atoms. The van der Waals surface area contributed by atoms with Crippen LogP contribution in [0.15, 0.2) is 42.7 Å². The van der Waals surface area contributed by atoms with Crippen LogP contribution in [0, 0.1) is 0 Å². The van der Waals surface area contributed by atoms with E-state index in [2.05, 4.69) is 25.9 Å². The van der Waals surface area contributed by atoms with Gasteiger partial charge in [-0.25, -0.2) is 14.8 Å². The maximum Gasteiger partial charge on any atom is 0.414 e. The van der Waals surface area contributed by atoms with Crippen molar-refractivity contribution in [1.82, 2.24) is 15.0 Å². The Morgan fingerprint density at radius 2 is 1.96 bits per heavy atom. The van der Waals surface area contributed by atoms with Gasteiger partial charge in [-0.3, -0.25) is 9.88 Å². The molecule has 5 rings (SSSR count). The molecule has 1 fully saturated rings. The number of nitrogens with zero attached hydrogens (tertiary/aromatic N) is 5. The first-order valence-corrected chi connectivity index (χ1v) is 8.67. The Morgan fingerprint density at radius 3 is 2.85 bits per heavy atom. The number of fused-ring (bicyclic) bond motifs is 2. The summed E-state index contributed by atoms with van der Waals surface area (Å²) in [6, 6.07) is 10.1. The lowest BCUT2D eigenvalue weighted by molar-refractivity contribution is 0.181. The molecule has 2 aliphatic rings. The number of hydrogen-bond donors (Lipinski definition) is 0. The van der Waals surface area contributed by atoms with E-state index in [0.29, 0.717) is 18.8 Å². The summed E-state index contributed by atoms with van der Waals surface area (Å²) in [6.07, 6.45) is 3.93. The largest absolute Gasteiger partial charge is 0.447 e. The van der Waals surface area contributed by atoms with Crippen molar-refractivity contribution < 1.29 is 9.53 Å². The van der Waals surface area contributed by atoms with Crippen molar-refractivity contribution in [3.63, 3.8) is 0 Å². The van der Waals surface area contributed by atoms with E-state index < -0.39 is 0 Å². The Hall–Kier alpha value is -3.22. The zero-order valence-electron chi connectivity index (χ0n) is 14.1. The standard InChI is InChI=1S/C19H17N5O2/c25-19-24(10-11-26-19)16-3-1-2-13-12-23(9-6-14(13)16)17-5-4-15-18(22-17)21-8-7-20-15/h1-5,7-8H,6,9-12H2. The van der Waals surface area contributed by atoms with E-state index in [1.165, 1.54) is 11.1 Å². The van der Waals surface area contributed by atoms with E-state index in [1.807, 2.05) is 24.3 Å². The van der Waals surface area contributed by atoms with Gasteiger partial charge >= 0.3 is 6.09 Å². The molecule has 7 heteroatoms. The lowest BCUT2D eigenvalue weighted by atomic mass is 9.97. The molecule has 2 aromatic heterocycles. The Kier molecular flexibility index (Phi) is 3.44. The molecule has 0 atom stereocenters. The Balaban J connectivity index is 1.47. The van der Waals surface area contributed by atoms with Crippen molar-refractivity contribution in [2.24, 2.45) is 0 Å². The number of rotatable bonds is 2. The van der Waals surface area contributed by atoms with Crippen molar-refractivity contribution >= 4 is 28.8 Å². The number of carbonyl (C=O) groups is 1. The molecule has 0 unspecified atom stereocenters. The second-order valence-corrected chi connectivity index (χ2v) is 6.42. The van der Waals surface area contributed by atoms with Gasteiger partial charge in [0.25, 0.3) is 0 Å². The summed E-state index contributed by atoms with van der Waals surface area (Å²) in [7, 11) is 0. The van der Waals surface area contributed by atoms with E-state index in [0.717, 1.165) is 36.5 Å². The first kappa shape index (κ1) is 15.1. The zero-order valence-corrected chi connectivity index (χ0v) is 14.1. The predicted molar refractivity (Wildman–Crippen MR) is 97.2 cm³/mol. The van der Waals surface area contributed by atoms with Gasteiger partial charge in [-0.05, 0) is 35.7 Å². The maximum atomic E-state index is 11.9. The Bertz CT molecular complexity index is 1010. The van der Waals surface area contributed by atoms with E-state index in [-0.39, 0.29) is 6.09 Å². The third kappa shape index (κ3) is 2.44. The van der Waals surface area contributed by atoms with Gasteiger partial charge in [0.1, 0.15) is 17.9 Å². The molecular formula is C19H17N5O2. The molecule has 0 N–H and O–H groups in total. The molecule has 2 aliphatic heterocycles. The van der Waals surface area contributed by atoms with Crippen LogP contribution in [-0.4, -0.2) is 40.7 Å². The van der Waals surface area contributed by atoms with Gasteiger partial charge in [-0.2, -0.15) is 0 Å². The molecule has 130 valence electrons. The monoisotopic (exact) mass is 347 g/mol. The van der Waals surface area contributed by atoms with E-state index in [4.69, 9.17) is 4.74 Å². The number of amides is 1. The summed E-state index contributed by atoms with van der Waals surface area (Å²) in [5, 5.41) is 0. The second kappa shape index (κ2) is 5.94. The number of aromatic nitrogens is 3. The molecule has 3 aromatic rings. The molecule has 7 nitrogen and oxygen atoms in total. The van der Waals surface area contributed by atoms with E-state index in [9.17, 15) is 4.79 Å². The van der Waals surface area contributed by atoms with Gasteiger partial charge in [0, 0.05) is 25.5 Å². The highest BCUT2D eigenvalue weighted by Gasteiger charge is 2.28. The number of benzene rings is 1. The molecule has 4 heterocycles. The van der Waals surface area contributed by atoms with Crippen LogP contribution in [0.2, 0.25) is 0 Å². The van der Waals surface area contributed by atoms with Gasteiger partial charge in [-0.1, -0.05) is 12.1 Å². The summed E-state index contributed by atoms with van der Waals surface area (Å²) in [6.45, 7) is 2.66. The first-order valence-electron chi connectivity index (χ1n) is 8.67. The molecular weight excluding hydrogens is 330 g/mol. The van der Waals surface area contributed by atoms with Gasteiger partial charge in [0.2, 0.25) is 0 Å². The summed E-state index contributed by atoms with van der Waals surface area (Å²) in [4.78, 5) is 29.1. The topological polar surface area (TPSA) is 71.5 Å². The molecule has 1 saturated heterocycles.